The molecule has 1 atom stereocenters. The van der Waals surface area contributed by atoms with Crippen molar-refractivity contribution >= 4 is 11.9 Å². The van der Waals surface area contributed by atoms with Crippen LogP contribution in [0.1, 0.15) is 42.6 Å². The maximum atomic E-state index is 12.2. The first-order valence-electron chi connectivity index (χ1n) is 6.75. The smallest absolute Gasteiger partial charge is 0.317 e. The standard InChI is InChI=1S/C16H21NO4/c1-5-21-16(19)14(10-11(2)3)12-8-6-7-9-13(12)15(18)17-20-4/h6-10,14H,5H2,1-4H3,(H,17,18). The zero-order valence-electron chi connectivity index (χ0n) is 12.8. The molecule has 0 bridgehead atoms. The molecule has 0 saturated carbocycles. The van der Waals surface area contributed by atoms with Crippen molar-refractivity contribution in [3.05, 3.63) is 47.0 Å². The summed E-state index contributed by atoms with van der Waals surface area (Å²) in [5.74, 6) is -1.39. The molecule has 0 saturated heterocycles. The van der Waals surface area contributed by atoms with E-state index >= 15 is 0 Å². The van der Waals surface area contributed by atoms with Gasteiger partial charge in [-0.25, -0.2) is 5.48 Å². The summed E-state index contributed by atoms with van der Waals surface area (Å²) in [5.41, 5.74) is 4.21. The summed E-state index contributed by atoms with van der Waals surface area (Å²) in [6, 6.07) is 6.91. The number of carbonyl (C=O) groups is 2. The Kier molecular flexibility index (Phi) is 6.62. The average molecular weight is 291 g/mol. The highest BCUT2D eigenvalue weighted by Crippen LogP contribution is 2.24. The zero-order valence-corrected chi connectivity index (χ0v) is 12.8. The Morgan fingerprint density at radius 3 is 2.52 bits per heavy atom. The molecule has 1 amide bonds. The summed E-state index contributed by atoms with van der Waals surface area (Å²) in [7, 11) is 1.36. The molecule has 5 heteroatoms. The van der Waals surface area contributed by atoms with Gasteiger partial charge in [-0.15, -0.1) is 0 Å². The fraction of sp³-hybridized carbons (Fsp3) is 0.375. The van der Waals surface area contributed by atoms with Crippen LogP contribution in [-0.4, -0.2) is 25.6 Å². The quantitative estimate of drug-likeness (QED) is 0.497. The monoisotopic (exact) mass is 291 g/mol. The van der Waals surface area contributed by atoms with Gasteiger partial charge in [0.15, 0.2) is 0 Å². The summed E-state index contributed by atoms with van der Waals surface area (Å²) in [4.78, 5) is 28.9. The molecule has 1 unspecified atom stereocenters. The third-order valence-corrected chi connectivity index (χ3v) is 2.78. The topological polar surface area (TPSA) is 64.6 Å². The lowest BCUT2D eigenvalue weighted by molar-refractivity contribution is -0.143. The summed E-state index contributed by atoms with van der Waals surface area (Å²) < 4.78 is 5.11. The molecule has 1 aromatic carbocycles. The van der Waals surface area contributed by atoms with E-state index in [2.05, 4.69) is 10.3 Å². The molecule has 1 aromatic rings. The number of hydrogen-bond acceptors (Lipinski definition) is 4. The van der Waals surface area contributed by atoms with Crippen molar-refractivity contribution in [2.45, 2.75) is 26.7 Å². The van der Waals surface area contributed by atoms with E-state index in [9.17, 15) is 9.59 Å². The van der Waals surface area contributed by atoms with Crippen molar-refractivity contribution in [3.8, 4) is 0 Å². The normalized spacial score (nSPS) is 11.4. The van der Waals surface area contributed by atoms with E-state index in [0.29, 0.717) is 17.7 Å². The van der Waals surface area contributed by atoms with Crippen LogP contribution in [-0.2, 0) is 14.4 Å². The van der Waals surface area contributed by atoms with Crippen LogP contribution in [0, 0.1) is 0 Å². The molecule has 0 aliphatic heterocycles. The highest BCUT2D eigenvalue weighted by atomic mass is 16.6. The Morgan fingerprint density at radius 2 is 1.95 bits per heavy atom. The Balaban J connectivity index is 3.27. The van der Waals surface area contributed by atoms with Crippen LogP contribution in [0.3, 0.4) is 0 Å². The van der Waals surface area contributed by atoms with Crippen molar-refractivity contribution in [1.29, 1.82) is 0 Å². The number of benzene rings is 1. The number of ether oxygens (including phenoxy) is 1. The van der Waals surface area contributed by atoms with Crippen molar-refractivity contribution in [1.82, 2.24) is 5.48 Å². The second-order valence-corrected chi connectivity index (χ2v) is 4.70. The van der Waals surface area contributed by atoms with Gasteiger partial charge in [-0.1, -0.05) is 29.8 Å². The predicted molar refractivity (Wildman–Crippen MR) is 79.7 cm³/mol. The van der Waals surface area contributed by atoms with Gasteiger partial charge in [-0.2, -0.15) is 0 Å². The van der Waals surface area contributed by atoms with Crippen LogP contribution >= 0.6 is 0 Å². The van der Waals surface area contributed by atoms with Crippen molar-refractivity contribution < 1.29 is 19.2 Å². The van der Waals surface area contributed by atoms with E-state index < -0.39 is 11.8 Å². The average Bonchev–Trinajstić information content (AvgIpc) is 2.45. The highest BCUT2D eigenvalue weighted by Gasteiger charge is 2.24. The first kappa shape index (κ1) is 16.9. The lowest BCUT2D eigenvalue weighted by atomic mass is 9.92. The Morgan fingerprint density at radius 1 is 1.29 bits per heavy atom. The Labute approximate surface area is 124 Å². The molecule has 0 spiro atoms. The molecule has 0 aliphatic rings. The highest BCUT2D eigenvalue weighted by molar-refractivity contribution is 5.97. The number of rotatable bonds is 6. The van der Waals surface area contributed by atoms with Crippen molar-refractivity contribution in [2.75, 3.05) is 13.7 Å². The summed E-state index contributed by atoms with van der Waals surface area (Å²) in [6.07, 6.45) is 1.79. The number of amides is 1. The van der Waals surface area contributed by atoms with Crippen LogP contribution in [0.2, 0.25) is 0 Å². The molecule has 0 radical (unpaired) electrons. The van der Waals surface area contributed by atoms with Gasteiger partial charge in [0.2, 0.25) is 0 Å². The van der Waals surface area contributed by atoms with Gasteiger partial charge in [0.1, 0.15) is 5.92 Å². The van der Waals surface area contributed by atoms with Gasteiger partial charge >= 0.3 is 5.97 Å². The number of esters is 1. The van der Waals surface area contributed by atoms with E-state index in [0.717, 1.165) is 5.57 Å². The number of nitrogens with one attached hydrogen (secondary N) is 1. The molecule has 5 nitrogen and oxygen atoms in total. The van der Waals surface area contributed by atoms with Gasteiger partial charge < -0.3 is 4.74 Å². The first-order chi connectivity index (χ1) is 10.0. The van der Waals surface area contributed by atoms with Gasteiger partial charge in [-0.3, -0.25) is 14.4 Å². The van der Waals surface area contributed by atoms with Gasteiger partial charge in [0.05, 0.1) is 13.7 Å². The minimum Gasteiger partial charge on any atom is -0.465 e. The predicted octanol–water partition coefficient (Wildman–Crippen LogP) is 2.59. The van der Waals surface area contributed by atoms with E-state index in [-0.39, 0.29) is 5.97 Å². The number of carbonyl (C=O) groups excluding carboxylic acids is 2. The molecule has 1 rings (SSSR count). The minimum atomic E-state index is -0.617. The van der Waals surface area contributed by atoms with Crippen LogP contribution in [0.5, 0.6) is 0 Å². The van der Waals surface area contributed by atoms with Crippen LogP contribution in [0.15, 0.2) is 35.9 Å². The lowest BCUT2D eigenvalue weighted by Gasteiger charge is -2.16. The van der Waals surface area contributed by atoms with Crippen molar-refractivity contribution in [2.24, 2.45) is 0 Å². The molecular formula is C16H21NO4. The van der Waals surface area contributed by atoms with Gasteiger partial charge in [0.25, 0.3) is 5.91 Å². The minimum absolute atomic E-state index is 0.290. The molecule has 21 heavy (non-hydrogen) atoms. The molecule has 114 valence electrons. The SMILES string of the molecule is CCOC(=O)C(C=C(C)C)c1ccccc1C(=O)NOC. The molecule has 0 aliphatic carbocycles. The van der Waals surface area contributed by atoms with E-state index in [4.69, 9.17) is 4.74 Å². The van der Waals surface area contributed by atoms with Gasteiger partial charge in [0, 0.05) is 5.56 Å². The third-order valence-electron chi connectivity index (χ3n) is 2.78. The molecule has 1 N–H and O–H groups in total. The Hall–Kier alpha value is -2.14. The largest absolute Gasteiger partial charge is 0.465 e. The fourth-order valence-electron chi connectivity index (χ4n) is 1.97. The summed E-state index contributed by atoms with van der Waals surface area (Å²) in [6.45, 7) is 5.83. The molecule has 0 aromatic heterocycles. The number of allylic oxidation sites excluding steroid dienone is 1. The molecule has 0 heterocycles. The summed E-state index contributed by atoms with van der Waals surface area (Å²) in [5, 5.41) is 0. The van der Waals surface area contributed by atoms with Crippen molar-refractivity contribution in [3.63, 3.8) is 0 Å². The maximum Gasteiger partial charge on any atom is 0.317 e. The van der Waals surface area contributed by atoms with Crippen LogP contribution < -0.4 is 5.48 Å². The molecule has 0 fully saturated rings. The number of hydroxylamine groups is 1. The fourth-order valence-corrected chi connectivity index (χ4v) is 1.97. The first-order valence-corrected chi connectivity index (χ1v) is 6.75. The molecular weight excluding hydrogens is 270 g/mol. The maximum absolute atomic E-state index is 12.2. The lowest BCUT2D eigenvalue weighted by Crippen LogP contribution is -2.25. The van der Waals surface area contributed by atoms with Crippen LogP contribution in [0.4, 0.5) is 0 Å². The number of hydrogen-bond donors (Lipinski definition) is 1. The zero-order chi connectivity index (χ0) is 15.8. The Bertz CT molecular complexity index is 533. The van der Waals surface area contributed by atoms with E-state index in [1.165, 1.54) is 7.11 Å². The summed E-state index contributed by atoms with van der Waals surface area (Å²) >= 11 is 0. The van der Waals surface area contributed by atoms with E-state index in [1.807, 2.05) is 13.8 Å². The van der Waals surface area contributed by atoms with Gasteiger partial charge in [-0.05, 0) is 32.4 Å². The third kappa shape index (κ3) is 4.72. The van der Waals surface area contributed by atoms with Crippen LogP contribution in [0.25, 0.3) is 0 Å². The van der Waals surface area contributed by atoms with E-state index in [1.54, 1.807) is 37.3 Å². The second kappa shape index (κ2) is 8.21. The second-order valence-electron chi connectivity index (χ2n) is 4.70.